The zero-order valence-electron chi connectivity index (χ0n) is 21.4. The Labute approximate surface area is 205 Å². The molecule has 0 saturated carbocycles. The number of ether oxygens (including phenoxy) is 2. The number of para-hydroxylation sites is 1. The molecule has 2 heterocycles. The van der Waals surface area contributed by atoms with Gasteiger partial charge in [0, 0.05) is 26.1 Å². The molecule has 0 bridgehead atoms. The van der Waals surface area contributed by atoms with Crippen molar-refractivity contribution in [3.05, 3.63) is 62.6 Å². The minimum atomic E-state index is -1.35. The fourth-order valence-corrected chi connectivity index (χ4v) is 4.41. The topological polar surface area (TPSA) is 106 Å². The zero-order valence-corrected chi connectivity index (χ0v) is 22.4. The summed E-state index contributed by atoms with van der Waals surface area (Å²) in [7, 11) is -1.35. The maximum Gasteiger partial charge on any atom is 0.419 e. The molecule has 0 fully saturated rings. The van der Waals surface area contributed by atoms with E-state index >= 15 is 0 Å². The highest BCUT2D eigenvalue weighted by molar-refractivity contribution is 6.76. The molecule has 0 amide bonds. The van der Waals surface area contributed by atoms with Crippen molar-refractivity contribution in [2.24, 2.45) is 0 Å². The summed E-state index contributed by atoms with van der Waals surface area (Å²) in [5.41, 5.74) is -0.497. The quantitative estimate of drug-likeness (QED) is 0.176. The molecule has 0 aliphatic rings. The van der Waals surface area contributed by atoms with Gasteiger partial charge in [0.25, 0.3) is 11.2 Å². The third kappa shape index (κ3) is 6.07. The molecule has 2 aromatic heterocycles. The van der Waals surface area contributed by atoms with E-state index in [1.54, 1.807) is 45.0 Å². The number of nitrogens with zero attached hydrogens (tertiary/aromatic N) is 3. The second kappa shape index (κ2) is 9.78. The number of benzene rings is 1. The molecule has 10 heteroatoms. The predicted octanol–water partition coefficient (Wildman–Crippen LogP) is 5.78. The first-order valence-corrected chi connectivity index (χ1v) is 15.2. The Bertz CT molecular complexity index is 1330. The maximum atomic E-state index is 13.6. The van der Waals surface area contributed by atoms with Crippen molar-refractivity contribution >= 4 is 30.8 Å². The summed E-state index contributed by atoms with van der Waals surface area (Å²) in [6.07, 6.45) is -0.672. The Balaban J connectivity index is 2.19. The van der Waals surface area contributed by atoms with Gasteiger partial charge in [0.05, 0.1) is 27.4 Å². The van der Waals surface area contributed by atoms with Crippen molar-refractivity contribution in [3.8, 4) is 11.3 Å². The minimum absolute atomic E-state index is 0.0261. The van der Waals surface area contributed by atoms with Crippen LogP contribution in [-0.2, 0) is 16.2 Å². The highest BCUT2D eigenvalue weighted by Gasteiger charge is 2.27. The number of carbonyl (C=O) groups is 1. The zero-order chi connectivity index (χ0) is 26.1. The number of fused-ring (bicyclic) bond motifs is 1. The molecule has 0 atom stereocenters. The van der Waals surface area contributed by atoms with Gasteiger partial charge in [-0.25, -0.2) is 9.36 Å². The molecule has 0 spiro atoms. The van der Waals surface area contributed by atoms with Gasteiger partial charge in [-0.3, -0.25) is 19.5 Å². The molecule has 0 unspecified atom stereocenters. The van der Waals surface area contributed by atoms with Crippen LogP contribution in [0.1, 0.15) is 26.5 Å². The van der Waals surface area contributed by atoms with Gasteiger partial charge in [-0.15, -0.1) is 0 Å². The van der Waals surface area contributed by atoms with E-state index in [0.29, 0.717) is 17.5 Å². The molecule has 0 aliphatic carbocycles. The summed E-state index contributed by atoms with van der Waals surface area (Å²) in [4.78, 5) is 38.1. The summed E-state index contributed by atoms with van der Waals surface area (Å²) < 4.78 is 13.9. The van der Waals surface area contributed by atoms with Crippen molar-refractivity contribution in [2.45, 2.75) is 65.7 Å². The fourth-order valence-electron chi connectivity index (χ4n) is 3.65. The summed E-state index contributed by atoms with van der Waals surface area (Å²) in [5.74, 6) is 0. The summed E-state index contributed by atoms with van der Waals surface area (Å²) >= 11 is 0. The Morgan fingerprint density at radius 3 is 2.40 bits per heavy atom. The number of hydrogen-bond donors (Lipinski definition) is 0. The maximum absolute atomic E-state index is 13.6. The number of carbonyl (C=O) groups excluding carboxylic acids is 1. The average Bonchev–Trinajstić information content (AvgIpc) is 3.10. The Kier molecular flexibility index (Phi) is 7.37. The second-order valence-corrected chi connectivity index (χ2v) is 16.4. The van der Waals surface area contributed by atoms with E-state index in [0.717, 1.165) is 6.04 Å². The van der Waals surface area contributed by atoms with E-state index in [4.69, 9.17) is 9.47 Å². The fraction of sp³-hybridized carbons (Fsp3) is 0.440. The van der Waals surface area contributed by atoms with E-state index in [-0.39, 0.29) is 29.4 Å². The van der Waals surface area contributed by atoms with Crippen LogP contribution in [0, 0.1) is 17.0 Å². The van der Waals surface area contributed by atoms with E-state index < -0.39 is 30.3 Å². The lowest BCUT2D eigenvalue weighted by Crippen LogP contribution is -2.30. The van der Waals surface area contributed by atoms with Gasteiger partial charge >= 0.3 is 6.09 Å². The van der Waals surface area contributed by atoms with E-state index in [2.05, 4.69) is 19.6 Å². The number of aromatic nitrogens is 2. The molecule has 35 heavy (non-hydrogen) atoms. The molecule has 188 valence electrons. The molecule has 3 aromatic rings. The van der Waals surface area contributed by atoms with Crippen LogP contribution in [0.5, 0.6) is 0 Å². The monoisotopic (exact) mass is 499 g/mol. The van der Waals surface area contributed by atoms with Crippen LogP contribution < -0.4 is 5.56 Å². The van der Waals surface area contributed by atoms with Crippen LogP contribution >= 0.6 is 0 Å². The third-order valence-corrected chi connectivity index (χ3v) is 7.21. The Morgan fingerprint density at radius 1 is 1.14 bits per heavy atom. The van der Waals surface area contributed by atoms with E-state index in [9.17, 15) is 19.7 Å². The second-order valence-electron chi connectivity index (χ2n) is 10.8. The smallest absolute Gasteiger partial charge is 0.419 e. The van der Waals surface area contributed by atoms with Crippen molar-refractivity contribution in [1.29, 1.82) is 0 Å². The summed E-state index contributed by atoms with van der Waals surface area (Å²) in [6.45, 7) is 13.8. The van der Waals surface area contributed by atoms with Gasteiger partial charge < -0.3 is 9.47 Å². The van der Waals surface area contributed by atoms with Crippen LogP contribution in [0.25, 0.3) is 22.2 Å². The highest BCUT2D eigenvalue weighted by Crippen LogP contribution is 2.30. The predicted molar refractivity (Wildman–Crippen MR) is 139 cm³/mol. The number of pyridine rings is 1. The molecule has 9 nitrogen and oxygen atoms in total. The number of nitro groups is 1. The van der Waals surface area contributed by atoms with Gasteiger partial charge in [0.1, 0.15) is 12.3 Å². The van der Waals surface area contributed by atoms with Gasteiger partial charge in [-0.05, 0) is 45.9 Å². The van der Waals surface area contributed by atoms with E-state index in [1.165, 1.54) is 22.1 Å². The molecule has 0 N–H and O–H groups in total. The molecular formula is C25H33N3O6Si. The van der Waals surface area contributed by atoms with Crippen LogP contribution in [0.4, 0.5) is 10.5 Å². The first-order valence-electron chi connectivity index (χ1n) is 11.5. The standard InChI is InChI=1S/C25H33N3O6Si/c1-17-21(28(31)32)15-19(23(29)26(17)16-33-12-13-35(5,6)7)22-14-18-10-8-9-11-20(18)27(22)24(30)34-25(2,3)4/h8-11,14-15H,12-13,16H2,1-7H3. The largest absolute Gasteiger partial charge is 0.443 e. The lowest BCUT2D eigenvalue weighted by atomic mass is 10.1. The summed E-state index contributed by atoms with van der Waals surface area (Å²) in [5, 5.41) is 12.6. The van der Waals surface area contributed by atoms with Crippen molar-refractivity contribution in [3.63, 3.8) is 0 Å². The highest BCUT2D eigenvalue weighted by atomic mass is 28.3. The lowest BCUT2D eigenvalue weighted by Gasteiger charge is -2.21. The van der Waals surface area contributed by atoms with Gasteiger partial charge in [0.2, 0.25) is 0 Å². The first kappa shape index (κ1) is 26.4. The average molecular weight is 500 g/mol. The van der Waals surface area contributed by atoms with Crippen molar-refractivity contribution < 1.29 is 19.2 Å². The first-order chi connectivity index (χ1) is 16.2. The van der Waals surface area contributed by atoms with Gasteiger partial charge in [-0.1, -0.05) is 37.8 Å². The van der Waals surface area contributed by atoms with Gasteiger partial charge in [0.15, 0.2) is 0 Å². The van der Waals surface area contributed by atoms with Crippen molar-refractivity contribution in [1.82, 2.24) is 9.13 Å². The molecule has 1 aromatic carbocycles. The number of hydrogen-bond acceptors (Lipinski definition) is 6. The van der Waals surface area contributed by atoms with Crippen LogP contribution in [0.3, 0.4) is 0 Å². The molecule has 0 saturated heterocycles. The normalized spacial score (nSPS) is 12.2. The van der Waals surface area contributed by atoms with Crippen LogP contribution in [0.2, 0.25) is 25.7 Å². The van der Waals surface area contributed by atoms with Crippen LogP contribution in [0.15, 0.2) is 41.2 Å². The van der Waals surface area contributed by atoms with Gasteiger partial charge in [-0.2, -0.15) is 0 Å². The molecule has 0 aliphatic heterocycles. The van der Waals surface area contributed by atoms with E-state index in [1.807, 2.05) is 6.07 Å². The van der Waals surface area contributed by atoms with Crippen LogP contribution in [-0.4, -0.2) is 40.4 Å². The number of rotatable bonds is 7. The lowest BCUT2D eigenvalue weighted by molar-refractivity contribution is -0.386. The summed E-state index contributed by atoms with van der Waals surface area (Å²) in [6, 6.07) is 10.9. The Hall–Kier alpha value is -3.24. The Morgan fingerprint density at radius 2 is 1.80 bits per heavy atom. The minimum Gasteiger partial charge on any atom is -0.443 e. The molecule has 3 rings (SSSR count). The third-order valence-electron chi connectivity index (χ3n) is 5.51. The van der Waals surface area contributed by atoms with Crippen molar-refractivity contribution in [2.75, 3.05) is 6.61 Å². The SMILES string of the molecule is Cc1c([N+](=O)[O-])cc(-c2cc3ccccc3n2C(=O)OC(C)(C)C)c(=O)n1COCC[Si](C)(C)C. The molecule has 0 radical (unpaired) electrons. The molecular weight excluding hydrogens is 466 g/mol.